The van der Waals surface area contributed by atoms with Crippen molar-refractivity contribution in [1.82, 2.24) is 15.2 Å². The fourth-order valence-corrected chi connectivity index (χ4v) is 3.55. The highest BCUT2D eigenvalue weighted by molar-refractivity contribution is 7.98. The molecule has 2 N–H and O–H groups in total. The topological polar surface area (TPSA) is 70.7 Å². The number of halogens is 1. The average Bonchev–Trinajstić information content (AvgIpc) is 2.63. The Kier molecular flexibility index (Phi) is 6.44. The molecule has 0 saturated carbocycles. The lowest BCUT2D eigenvalue weighted by Crippen LogP contribution is -2.54. The van der Waals surface area contributed by atoms with Gasteiger partial charge < -0.3 is 9.64 Å². The predicted octanol–water partition coefficient (Wildman–Crippen LogP) is 3.99. The van der Waals surface area contributed by atoms with E-state index in [2.05, 4.69) is 10.3 Å². The summed E-state index contributed by atoms with van der Waals surface area (Å²) in [5, 5.41) is 0.114. The Bertz CT molecular complexity index is 880. The van der Waals surface area contributed by atoms with Crippen LogP contribution < -0.4 is 10.3 Å². The average molecular weight is 418 g/mol. The Morgan fingerprint density at radius 3 is 2.45 bits per heavy atom. The van der Waals surface area contributed by atoms with Crippen molar-refractivity contribution in [3.8, 4) is 11.1 Å². The van der Waals surface area contributed by atoms with Crippen LogP contribution in [0.2, 0.25) is 0 Å². The smallest absolute Gasteiger partial charge is 0.410 e. The molecule has 0 aromatic heterocycles. The molecule has 1 aliphatic rings. The maximum atomic E-state index is 14.1. The van der Waals surface area contributed by atoms with Crippen LogP contribution in [-0.4, -0.2) is 40.8 Å². The van der Waals surface area contributed by atoms with Gasteiger partial charge in [0.1, 0.15) is 11.4 Å². The highest BCUT2D eigenvalue weighted by atomic mass is 32.2. The first kappa shape index (κ1) is 21.1. The van der Waals surface area contributed by atoms with Gasteiger partial charge in [-0.25, -0.2) is 9.18 Å². The molecule has 0 spiro atoms. The number of amides is 2. The standard InChI is InChI=1S/C21H24FN3O3S/c1-21(2,3)28-20(27)25-12-16(13-25)29-24-23-19(26)17-11-15(9-10-18(17)22)14-7-5-4-6-8-14/h4-11,16,24H,12-13H2,1-3H3,(H,23,26). The Hall–Kier alpha value is -2.58. The summed E-state index contributed by atoms with van der Waals surface area (Å²) in [6.07, 6.45) is -0.349. The van der Waals surface area contributed by atoms with Crippen LogP contribution in [0.3, 0.4) is 0 Å². The number of likely N-dealkylation sites (tertiary alicyclic amines) is 1. The van der Waals surface area contributed by atoms with Crippen LogP contribution in [0.1, 0.15) is 31.1 Å². The fourth-order valence-electron chi connectivity index (χ4n) is 2.72. The molecule has 3 rings (SSSR count). The van der Waals surface area contributed by atoms with Crippen molar-refractivity contribution in [2.75, 3.05) is 13.1 Å². The third kappa shape index (κ3) is 5.71. The van der Waals surface area contributed by atoms with E-state index in [0.717, 1.165) is 11.1 Å². The van der Waals surface area contributed by atoms with E-state index in [4.69, 9.17) is 4.74 Å². The number of hydrazine groups is 1. The zero-order valence-electron chi connectivity index (χ0n) is 16.6. The van der Waals surface area contributed by atoms with Gasteiger partial charge in [0.15, 0.2) is 0 Å². The van der Waals surface area contributed by atoms with E-state index in [1.54, 1.807) is 11.0 Å². The van der Waals surface area contributed by atoms with E-state index in [1.165, 1.54) is 24.1 Å². The number of hydrogen-bond acceptors (Lipinski definition) is 5. The van der Waals surface area contributed by atoms with Crippen molar-refractivity contribution < 1.29 is 18.7 Å². The van der Waals surface area contributed by atoms with E-state index in [0.29, 0.717) is 13.1 Å². The Morgan fingerprint density at radius 2 is 1.79 bits per heavy atom. The lowest BCUT2D eigenvalue weighted by atomic mass is 10.0. The largest absolute Gasteiger partial charge is 0.444 e. The molecule has 6 nitrogen and oxygen atoms in total. The van der Waals surface area contributed by atoms with Gasteiger partial charge in [-0.05, 0) is 44.0 Å². The van der Waals surface area contributed by atoms with Gasteiger partial charge in [-0.2, -0.15) is 4.83 Å². The molecule has 2 amide bonds. The number of nitrogens with one attached hydrogen (secondary N) is 2. The zero-order chi connectivity index (χ0) is 21.0. The van der Waals surface area contributed by atoms with Gasteiger partial charge in [-0.3, -0.25) is 10.2 Å². The van der Waals surface area contributed by atoms with Gasteiger partial charge in [0, 0.05) is 13.1 Å². The second-order valence-corrected chi connectivity index (χ2v) is 8.85. The minimum absolute atomic E-state index is 0.0385. The highest BCUT2D eigenvalue weighted by Gasteiger charge is 2.34. The second kappa shape index (κ2) is 8.84. The molecule has 29 heavy (non-hydrogen) atoms. The van der Waals surface area contributed by atoms with Crippen molar-refractivity contribution in [2.24, 2.45) is 0 Å². The van der Waals surface area contributed by atoms with Crippen LogP contribution >= 0.6 is 11.9 Å². The molecule has 0 atom stereocenters. The van der Waals surface area contributed by atoms with E-state index in [-0.39, 0.29) is 16.9 Å². The Morgan fingerprint density at radius 1 is 1.10 bits per heavy atom. The van der Waals surface area contributed by atoms with Crippen LogP contribution in [0.4, 0.5) is 9.18 Å². The van der Waals surface area contributed by atoms with E-state index >= 15 is 0 Å². The summed E-state index contributed by atoms with van der Waals surface area (Å²) in [4.78, 5) is 28.6. The van der Waals surface area contributed by atoms with Crippen LogP contribution in [0, 0.1) is 5.82 Å². The van der Waals surface area contributed by atoms with E-state index in [9.17, 15) is 14.0 Å². The molecular formula is C21H24FN3O3S. The first-order valence-corrected chi connectivity index (χ1v) is 10.1. The predicted molar refractivity (Wildman–Crippen MR) is 112 cm³/mol. The summed E-state index contributed by atoms with van der Waals surface area (Å²) in [5.74, 6) is -1.15. The number of hydrogen-bond donors (Lipinski definition) is 2. The molecule has 8 heteroatoms. The van der Waals surface area contributed by atoms with Crippen LogP contribution in [0.25, 0.3) is 11.1 Å². The zero-order valence-corrected chi connectivity index (χ0v) is 17.4. The van der Waals surface area contributed by atoms with Gasteiger partial charge in [0.2, 0.25) is 0 Å². The Labute approximate surface area is 173 Å². The maximum Gasteiger partial charge on any atom is 0.410 e. The van der Waals surface area contributed by atoms with Gasteiger partial charge in [0.25, 0.3) is 5.91 Å². The lowest BCUT2D eigenvalue weighted by Gasteiger charge is -2.39. The maximum absolute atomic E-state index is 14.1. The molecular weight excluding hydrogens is 393 g/mol. The van der Waals surface area contributed by atoms with Crippen LogP contribution in [-0.2, 0) is 4.74 Å². The second-order valence-electron chi connectivity index (χ2n) is 7.74. The molecule has 2 aromatic rings. The number of carbonyl (C=O) groups is 2. The molecule has 2 aromatic carbocycles. The van der Waals surface area contributed by atoms with Gasteiger partial charge in [-0.1, -0.05) is 48.3 Å². The van der Waals surface area contributed by atoms with E-state index in [1.807, 2.05) is 51.1 Å². The van der Waals surface area contributed by atoms with Crippen LogP contribution in [0.5, 0.6) is 0 Å². The quantitative estimate of drug-likeness (QED) is 0.569. The number of ether oxygens (including phenoxy) is 1. The van der Waals surface area contributed by atoms with Crippen molar-refractivity contribution in [1.29, 1.82) is 0 Å². The molecule has 1 fully saturated rings. The summed E-state index contributed by atoms with van der Waals surface area (Å²) >= 11 is 1.28. The Balaban J connectivity index is 1.48. The van der Waals surface area contributed by atoms with Crippen molar-refractivity contribution in [3.63, 3.8) is 0 Å². The minimum atomic E-state index is -0.589. The number of benzene rings is 2. The molecule has 154 valence electrons. The summed E-state index contributed by atoms with van der Waals surface area (Å²) < 4.78 is 19.4. The third-order valence-electron chi connectivity index (χ3n) is 4.21. The van der Waals surface area contributed by atoms with Crippen molar-refractivity contribution in [2.45, 2.75) is 31.6 Å². The van der Waals surface area contributed by atoms with E-state index < -0.39 is 17.3 Å². The summed E-state index contributed by atoms with van der Waals surface area (Å²) in [7, 11) is 0. The molecule has 0 unspecified atom stereocenters. The minimum Gasteiger partial charge on any atom is -0.444 e. The summed E-state index contributed by atoms with van der Waals surface area (Å²) in [6, 6.07) is 13.9. The number of rotatable bonds is 5. The number of nitrogens with zero attached hydrogens (tertiary/aromatic N) is 1. The van der Waals surface area contributed by atoms with Crippen LogP contribution in [0.15, 0.2) is 48.5 Å². The normalized spacial score (nSPS) is 14.3. The van der Waals surface area contributed by atoms with Crippen molar-refractivity contribution >= 4 is 23.9 Å². The summed E-state index contributed by atoms with van der Waals surface area (Å²) in [6.45, 7) is 6.49. The SMILES string of the molecule is CC(C)(C)OC(=O)N1CC(SNNC(=O)c2cc(-c3ccccc3)ccc2F)C1. The van der Waals surface area contributed by atoms with Crippen molar-refractivity contribution in [3.05, 3.63) is 59.9 Å². The monoisotopic (exact) mass is 417 g/mol. The van der Waals surface area contributed by atoms with Gasteiger partial charge in [0.05, 0.1) is 10.8 Å². The molecule has 1 heterocycles. The third-order valence-corrected chi connectivity index (χ3v) is 5.06. The molecule has 0 aliphatic carbocycles. The first-order chi connectivity index (χ1) is 13.7. The molecule has 0 bridgehead atoms. The van der Waals surface area contributed by atoms with Gasteiger partial charge >= 0.3 is 6.09 Å². The molecule has 0 radical (unpaired) electrons. The highest BCUT2D eigenvalue weighted by Crippen LogP contribution is 2.23. The van der Waals surface area contributed by atoms with Gasteiger partial charge in [-0.15, -0.1) is 0 Å². The first-order valence-electron chi connectivity index (χ1n) is 9.27. The summed E-state index contributed by atoms with van der Waals surface area (Å²) in [5.41, 5.74) is 3.60. The fraction of sp³-hybridized carbons (Fsp3) is 0.333. The molecule has 1 saturated heterocycles. The molecule has 1 aliphatic heterocycles. The number of carbonyl (C=O) groups excluding carboxylic acids is 2. The lowest BCUT2D eigenvalue weighted by molar-refractivity contribution is 0.0143.